The SMILES string of the molecule is CCCCCCCCCC/C=C(\F)C=O. The highest BCUT2D eigenvalue weighted by Gasteiger charge is 1.92. The largest absolute Gasteiger partial charge is 0.295 e. The number of carbonyl (C=O) groups is 1. The van der Waals surface area contributed by atoms with Crippen LogP contribution < -0.4 is 0 Å². The maximum Gasteiger partial charge on any atom is 0.178 e. The molecule has 0 amide bonds. The van der Waals surface area contributed by atoms with E-state index in [1.807, 2.05) is 0 Å². The lowest BCUT2D eigenvalue weighted by Gasteiger charge is -1.99. The van der Waals surface area contributed by atoms with Crippen LogP contribution in [0.25, 0.3) is 0 Å². The van der Waals surface area contributed by atoms with Gasteiger partial charge in [-0.2, -0.15) is 0 Å². The third-order valence-corrected chi connectivity index (χ3v) is 2.51. The number of allylic oxidation sites excluding steroid dienone is 2. The molecule has 0 saturated carbocycles. The third-order valence-electron chi connectivity index (χ3n) is 2.51. The van der Waals surface area contributed by atoms with Crippen molar-refractivity contribution < 1.29 is 9.18 Å². The quantitative estimate of drug-likeness (QED) is 0.296. The van der Waals surface area contributed by atoms with Crippen LogP contribution in [0.1, 0.15) is 64.7 Å². The summed E-state index contributed by atoms with van der Waals surface area (Å²) in [5, 5.41) is 0. The van der Waals surface area contributed by atoms with Gasteiger partial charge >= 0.3 is 0 Å². The lowest BCUT2D eigenvalue weighted by Crippen LogP contribution is -1.81. The first kappa shape index (κ1) is 14.3. The molecule has 0 aromatic rings. The Labute approximate surface area is 92.8 Å². The van der Waals surface area contributed by atoms with Crippen molar-refractivity contribution in [2.75, 3.05) is 0 Å². The number of rotatable bonds is 10. The first-order valence-electron chi connectivity index (χ1n) is 6.12. The van der Waals surface area contributed by atoms with Crippen molar-refractivity contribution in [3.8, 4) is 0 Å². The van der Waals surface area contributed by atoms with Gasteiger partial charge in [0.15, 0.2) is 12.1 Å². The van der Waals surface area contributed by atoms with Crippen molar-refractivity contribution in [3.63, 3.8) is 0 Å². The molecule has 1 nitrogen and oxygen atoms in total. The van der Waals surface area contributed by atoms with E-state index in [0.29, 0.717) is 6.42 Å². The summed E-state index contributed by atoms with van der Waals surface area (Å²) in [7, 11) is 0. The summed E-state index contributed by atoms with van der Waals surface area (Å²) < 4.78 is 12.3. The van der Waals surface area contributed by atoms with Gasteiger partial charge in [-0.3, -0.25) is 4.79 Å². The van der Waals surface area contributed by atoms with Crippen molar-refractivity contribution in [2.24, 2.45) is 0 Å². The van der Waals surface area contributed by atoms with E-state index in [1.54, 1.807) is 0 Å². The number of aldehydes is 1. The molecule has 0 radical (unpaired) electrons. The topological polar surface area (TPSA) is 17.1 Å². The van der Waals surface area contributed by atoms with E-state index in [9.17, 15) is 9.18 Å². The first-order valence-corrected chi connectivity index (χ1v) is 6.12. The number of hydrogen-bond donors (Lipinski definition) is 0. The van der Waals surface area contributed by atoms with Crippen LogP contribution in [-0.4, -0.2) is 6.29 Å². The fraction of sp³-hybridized carbons (Fsp3) is 0.769. The molecule has 0 atom stereocenters. The Morgan fingerprint density at radius 3 is 2.07 bits per heavy atom. The van der Waals surface area contributed by atoms with Gasteiger partial charge in [-0.15, -0.1) is 0 Å². The summed E-state index contributed by atoms with van der Waals surface area (Å²) >= 11 is 0. The van der Waals surface area contributed by atoms with Crippen LogP contribution in [0, 0.1) is 0 Å². The summed E-state index contributed by atoms with van der Waals surface area (Å²) in [5.41, 5.74) is 0. The fourth-order valence-corrected chi connectivity index (χ4v) is 1.57. The molecule has 0 spiro atoms. The van der Waals surface area contributed by atoms with E-state index in [1.165, 1.54) is 44.6 Å². The lowest BCUT2D eigenvalue weighted by molar-refractivity contribution is -0.106. The minimum absolute atomic E-state index is 0.269. The van der Waals surface area contributed by atoms with Crippen LogP contribution in [0.4, 0.5) is 4.39 Å². The van der Waals surface area contributed by atoms with Crippen LogP contribution in [0.5, 0.6) is 0 Å². The molecular formula is C13H23FO. The molecule has 0 aliphatic rings. The maximum atomic E-state index is 12.3. The molecule has 0 aliphatic carbocycles. The maximum absolute atomic E-state index is 12.3. The molecule has 0 unspecified atom stereocenters. The zero-order valence-corrected chi connectivity index (χ0v) is 9.80. The van der Waals surface area contributed by atoms with Crippen LogP contribution in [0.2, 0.25) is 0 Å². The molecule has 0 aromatic heterocycles. The summed E-state index contributed by atoms with van der Waals surface area (Å²) in [5.74, 6) is -0.627. The van der Waals surface area contributed by atoms with Crippen molar-refractivity contribution in [1.82, 2.24) is 0 Å². The number of hydrogen-bond acceptors (Lipinski definition) is 1. The summed E-state index contributed by atoms with van der Waals surface area (Å²) in [6.07, 6.45) is 12.3. The number of halogens is 1. The van der Waals surface area contributed by atoms with Gasteiger partial charge in [-0.25, -0.2) is 4.39 Å². The summed E-state index contributed by atoms with van der Waals surface area (Å²) in [6, 6.07) is 0. The fourth-order valence-electron chi connectivity index (χ4n) is 1.57. The van der Waals surface area contributed by atoms with E-state index in [2.05, 4.69) is 6.92 Å². The molecule has 88 valence electrons. The van der Waals surface area contributed by atoms with Gasteiger partial charge in [0, 0.05) is 0 Å². The normalized spacial score (nSPS) is 11.7. The number of carbonyl (C=O) groups excluding carboxylic acids is 1. The minimum atomic E-state index is -0.627. The van der Waals surface area contributed by atoms with Crippen molar-refractivity contribution >= 4 is 6.29 Å². The molecule has 0 heterocycles. The smallest absolute Gasteiger partial charge is 0.178 e. The van der Waals surface area contributed by atoms with Gasteiger partial charge in [-0.1, -0.05) is 51.9 Å². The van der Waals surface area contributed by atoms with Gasteiger partial charge in [0.05, 0.1) is 0 Å². The molecule has 0 N–H and O–H groups in total. The Morgan fingerprint density at radius 2 is 1.53 bits per heavy atom. The van der Waals surface area contributed by atoms with Crippen molar-refractivity contribution in [1.29, 1.82) is 0 Å². The first-order chi connectivity index (χ1) is 7.31. The van der Waals surface area contributed by atoms with Crippen LogP contribution in [0.3, 0.4) is 0 Å². The van der Waals surface area contributed by atoms with Gasteiger partial charge in [-0.05, 0) is 18.9 Å². The highest BCUT2D eigenvalue weighted by molar-refractivity contribution is 5.69. The molecule has 0 aliphatic heterocycles. The second-order valence-corrected chi connectivity index (χ2v) is 3.97. The van der Waals surface area contributed by atoms with Gasteiger partial charge in [0.1, 0.15) is 0 Å². The zero-order valence-electron chi connectivity index (χ0n) is 9.80. The van der Waals surface area contributed by atoms with E-state index < -0.39 is 5.83 Å². The minimum Gasteiger partial charge on any atom is -0.295 e. The molecule has 0 rings (SSSR count). The second kappa shape index (κ2) is 11.4. The molecule has 0 fully saturated rings. The molecular weight excluding hydrogens is 191 g/mol. The average molecular weight is 214 g/mol. The lowest BCUT2D eigenvalue weighted by atomic mass is 10.1. The summed E-state index contributed by atoms with van der Waals surface area (Å²) in [4.78, 5) is 9.93. The Hall–Kier alpha value is -0.660. The predicted octanol–water partition coefficient (Wildman–Crippen LogP) is 4.57. The predicted molar refractivity (Wildman–Crippen MR) is 62.5 cm³/mol. The standard InChI is InChI=1S/C13H23FO/c1-2-3-4-5-6-7-8-9-10-11-13(14)12-15/h11-12H,2-10H2,1H3/b13-11-. The highest BCUT2D eigenvalue weighted by Crippen LogP contribution is 2.10. The van der Waals surface area contributed by atoms with Crippen molar-refractivity contribution in [3.05, 3.63) is 11.9 Å². The Morgan fingerprint density at radius 1 is 1.00 bits per heavy atom. The van der Waals surface area contributed by atoms with E-state index in [-0.39, 0.29) is 6.29 Å². The number of unbranched alkanes of at least 4 members (excludes halogenated alkanes) is 8. The summed E-state index contributed by atoms with van der Waals surface area (Å²) in [6.45, 7) is 2.22. The van der Waals surface area contributed by atoms with E-state index >= 15 is 0 Å². The van der Waals surface area contributed by atoms with Crippen LogP contribution >= 0.6 is 0 Å². The molecule has 15 heavy (non-hydrogen) atoms. The Kier molecular flexibility index (Phi) is 10.9. The zero-order chi connectivity index (χ0) is 11.4. The van der Waals surface area contributed by atoms with Gasteiger partial charge in [0.25, 0.3) is 0 Å². The van der Waals surface area contributed by atoms with Crippen LogP contribution in [-0.2, 0) is 4.79 Å². The van der Waals surface area contributed by atoms with Crippen molar-refractivity contribution in [2.45, 2.75) is 64.7 Å². The van der Waals surface area contributed by atoms with Gasteiger partial charge < -0.3 is 0 Å². The monoisotopic (exact) mass is 214 g/mol. The second-order valence-electron chi connectivity index (χ2n) is 3.97. The van der Waals surface area contributed by atoms with E-state index in [4.69, 9.17) is 0 Å². The van der Waals surface area contributed by atoms with Gasteiger partial charge in [0.2, 0.25) is 0 Å². The van der Waals surface area contributed by atoms with Crippen LogP contribution in [0.15, 0.2) is 11.9 Å². The third kappa shape index (κ3) is 11.3. The Bertz CT molecular complexity index is 175. The van der Waals surface area contributed by atoms with E-state index in [0.717, 1.165) is 12.8 Å². The molecule has 0 saturated heterocycles. The Balaban J connectivity index is 3.08. The average Bonchev–Trinajstić information content (AvgIpc) is 2.26. The highest BCUT2D eigenvalue weighted by atomic mass is 19.1. The molecule has 2 heteroatoms. The molecule has 0 bridgehead atoms. The molecule has 0 aromatic carbocycles.